The molecule has 6 nitrogen and oxygen atoms in total. The van der Waals surface area contributed by atoms with Gasteiger partial charge in [0, 0.05) is 22.3 Å². The van der Waals surface area contributed by atoms with Gasteiger partial charge in [0.2, 0.25) is 5.75 Å². The van der Waals surface area contributed by atoms with Crippen molar-refractivity contribution in [1.82, 2.24) is 14.8 Å². The first kappa shape index (κ1) is 21.3. The van der Waals surface area contributed by atoms with Crippen LogP contribution in [0.2, 0.25) is 0 Å². The van der Waals surface area contributed by atoms with E-state index in [1.165, 1.54) is 5.56 Å². The zero-order valence-electron chi connectivity index (χ0n) is 16.5. The van der Waals surface area contributed by atoms with Crippen LogP contribution in [0.25, 0.3) is 11.4 Å². The molecule has 0 atom stereocenters. The standard InChI is InChI=1S/C21H22BrN3O3S/c1-5-10-25-20(15-11-17(26-2)19(28-4)18(12-15)27-3)23-24-21(25)29-13-14-6-8-16(22)9-7-14/h5-9,11-12H,1,10,13H2,2-4H3. The monoisotopic (exact) mass is 475 g/mol. The van der Waals surface area contributed by atoms with Gasteiger partial charge in [-0.1, -0.05) is 45.9 Å². The number of aromatic nitrogens is 3. The van der Waals surface area contributed by atoms with E-state index in [0.29, 0.717) is 29.6 Å². The fourth-order valence-corrected chi connectivity index (χ4v) is 4.01. The van der Waals surface area contributed by atoms with Gasteiger partial charge in [0.15, 0.2) is 22.5 Å². The average Bonchev–Trinajstić information content (AvgIpc) is 3.15. The average molecular weight is 476 g/mol. The largest absolute Gasteiger partial charge is 0.493 e. The number of allylic oxidation sites excluding steroid dienone is 1. The van der Waals surface area contributed by atoms with Crippen molar-refractivity contribution in [3.05, 3.63) is 59.1 Å². The van der Waals surface area contributed by atoms with Crippen LogP contribution in [0.3, 0.4) is 0 Å². The quantitative estimate of drug-likeness (QED) is 0.312. The summed E-state index contributed by atoms with van der Waals surface area (Å²) in [5, 5.41) is 9.64. The maximum absolute atomic E-state index is 5.47. The molecule has 0 aliphatic carbocycles. The van der Waals surface area contributed by atoms with Crippen LogP contribution >= 0.6 is 27.7 Å². The van der Waals surface area contributed by atoms with Gasteiger partial charge in [-0.05, 0) is 29.8 Å². The van der Waals surface area contributed by atoms with Gasteiger partial charge < -0.3 is 14.2 Å². The first-order valence-corrected chi connectivity index (χ1v) is 10.6. The van der Waals surface area contributed by atoms with E-state index >= 15 is 0 Å². The molecule has 0 radical (unpaired) electrons. The van der Waals surface area contributed by atoms with E-state index in [-0.39, 0.29) is 0 Å². The highest BCUT2D eigenvalue weighted by Crippen LogP contribution is 2.41. The van der Waals surface area contributed by atoms with Crippen LogP contribution in [-0.4, -0.2) is 36.1 Å². The van der Waals surface area contributed by atoms with Crippen LogP contribution in [-0.2, 0) is 12.3 Å². The predicted octanol–water partition coefficient (Wildman–Crippen LogP) is 5.21. The van der Waals surface area contributed by atoms with E-state index < -0.39 is 0 Å². The number of rotatable bonds is 9. The van der Waals surface area contributed by atoms with Gasteiger partial charge in [0.1, 0.15) is 0 Å². The highest BCUT2D eigenvalue weighted by Gasteiger charge is 2.19. The number of methoxy groups -OCH3 is 3. The number of benzene rings is 2. The zero-order valence-corrected chi connectivity index (χ0v) is 18.9. The molecule has 29 heavy (non-hydrogen) atoms. The highest BCUT2D eigenvalue weighted by molar-refractivity contribution is 9.10. The molecule has 1 heterocycles. The Bertz CT molecular complexity index is 964. The first-order chi connectivity index (χ1) is 14.1. The van der Waals surface area contributed by atoms with Crippen LogP contribution in [0.5, 0.6) is 17.2 Å². The fraction of sp³-hybridized carbons (Fsp3) is 0.238. The summed E-state index contributed by atoms with van der Waals surface area (Å²) in [6, 6.07) is 12.0. The molecule has 0 unspecified atom stereocenters. The number of nitrogens with zero attached hydrogens (tertiary/aromatic N) is 3. The minimum absolute atomic E-state index is 0.540. The van der Waals surface area contributed by atoms with Crippen molar-refractivity contribution in [2.75, 3.05) is 21.3 Å². The Morgan fingerprint density at radius 2 is 1.69 bits per heavy atom. The van der Waals surface area contributed by atoms with Crippen molar-refractivity contribution < 1.29 is 14.2 Å². The summed E-state index contributed by atoms with van der Waals surface area (Å²) in [4.78, 5) is 0. The minimum Gasteiger partial charge on any atom is -0.493 e. The van der Waals surface area contributed by atoms with Crippen molar-refractivity contribution in [3.63, 3.8) is 0 Å². The van der Waals surface area contributed by atoms with Crippen LogP contribution in [0, 0.1) is 0 Å². The van der Waals surface area contributed by atoms with Crippen molar-refractivity contribution in [1.29, 1.82) is 0 Å². The molecule has 0 saturated heterocycles. The summed E-state index contributed by atoms with van der Waals surface area (Å²) in [6.07, 6.45) is 1.83. The van der Waals surface area contributed by atoms with Crippen molar-refractivity contribution in [3.8, 4) is 28.6 Å². The van der Waals surface area contributed by atoms with Crippen molar-refractivity contribution in [2.45, 2.75) is 17.5 Å². The summed E-state index contributed by atoms with van der Waals surface area (Å²) in [5.41, 5.74) is 2.03. The second-order valence-electron chi connectivity index (χ2n) is 6.03. The third kappa shape index (κ3) is 4.76. The number of thioether (sulfide) groups is 1. The maximum atomic E-state index is 5.47. The molecule has 0 saturated carbocycles. The van der Waals surface area contributed by atoms with Crippen LogP contribution < -0.4 is 14.2 Å². The molecule has 1 aromatic heterocycles. The Morgan fingerprint density at radius 3 is 2.24 bits per heavy atom. The fourth-order valence-electron chi connectivity index (χ4n) is 2.84. The van der Waals surface area contributed by atoms with Gasteiger partial charge in [-0.3, -0.25) is 4.57 Å². The normalized spacial score (nSPS) is 10.6. The molecular formula is C21H22BrN3O3S. The van der Waals surface area contributed by atoms with Gasteiger partial charge in [-0.25, -0.2) is 0 Å². The molecule has 0 N–H and O–H groups in total. The zero-order chi connectivity index (χ0) is 20.8. The van der Waals surface area contributed by atoms with Crippen molar-refractivity contribution in [2.24, 2.45) is 0 Å². The molecule has 152 valence electrons. The van der Waals surface area contributed by atoms with E-state index in [1.807, 2.05) is 34.9 Å². The molecule has 0 aliphatic heterocycles. The number of hydrogen-bond donors (Lipinski definition) is 0. The highest BCUT2D eigenvalue weighted by atomic mass is 79.9. The second kappa shape index (κ2) is 9.84. The van der Waals surface area contributed by atoms with E-state index in [9.17, 15) is 0 Å². The minimum atomic E-state index is 0.540. The third-order valence-corrected chi connectivity index (χ3v) is 5.80. The summed E-state index contributed by atoms with van der Waals surface area (Å²) in [6.45, 7) is 4.46. The van der Waals surface area contributed by atoms with Gasteiger partial charge >= 0.3 is 0 Å². The third-order valence-electron chi connectivity index (χ3n) is 4.23. The molecule has 0 fully saturated rings. The van der Waals surface area contributed by atoms with Crippen LogP contribution in [0.4, 0.5) is 0 Å². The van der Waals surface area contributed by atoms with E-state index in [1.54, 1.807) is 33.1 Å². The lowest BCUT2D eigenvalue weighted by molar-refractivity contribution is 0.324. The van der Waals surface area contributed by atoms with E-state index in [0.717, 1.165) is 20.9 Å². The summed E-state index contributed by atoms with van der Waals surface area (Å²) in [5.74, 6) is 3.18. The van der Waals surface area contributed by atoms with Gasteiger partial charge in [-0.15, -0.1) is 16.8 Å². The lowest BCUT2D eigenvalue weighted by atomic mass is 10.1. The molecule has 0 aliphatic rings. The van der Waals surface area contributed by atoms with E-state index in [4.69, 9.17) is 14.2 Å². The molecule has 0 bridgehead atoms. The van der Waals surface area contributed by atoms with Crippen molar-refractivity contribution >= 4 is 27.7 Å². The molecule has 0 spiro atoms. The lowest BCUT2D eigenvalue weighted by Crippen LogP contribution is -2.02. The summed E-state index contributed by atoms with van der Waals surface area (Å²) >= 11 is 5.09. The Balaban J connectivity index is 1.96. The van der Waals surface area contributed by atoms with Crippen LogP contribution in [0.1, 0.15) is 5.56 Å². The molecular weight excluding hydrogens is 454 g/mol. The first-order valence-electron chi connectivity index (χ1n) is 8.83. The second-order valence-corrected chi connectivity index (χ2v) is 7.89. The maximum Gasteiger partial charge on any atom is 0.203 e. The molecule has 0 amide bonds. The Labute approximate surface area is 183 Å². The topological polar surface area (TPSA) is 58.4 Å². The predicted molar refractivity (Wildman–Crippen MR) is 119 cm³/mol. The van der Waals surface area contributed by atoms with Gasteiger partial charge in [0.05, 0.1) is 21.3 Å². The number of ether oxygens (including phenoxy) is 3. The Morgan fingerprint density at radius 1 is 1.03 bits per heavy atom. The number of hydrogen-bond acceptors (Lipinski definition) is 6. The Hall–Kier alpha value is -2.45. The lowest BCUT2D eigenvalue weighted by Gasteiger charge is -2.14. The summed E-state index contributed by atoms with van der Waals surface area (Å²) in [7, 11) is 4.77. The van der Waals surface area contributed by atoms with Gasteiger partial charge in [-0.2, -0.15) is 0 Å². The smallest absolute Gasteiger partial charge is 0.203 e. The number of halogens is 1. The Kier molecular flexibility index (Phi) is 7.22. The molecule has 8 heteroatoms. The SMILES string of the molecule is C=CCn1c(SCc2ccc(Br)cc2)nnc1-c1cc(OC)c(OC)c(OC)c1. The molecule has 3 aromatic rings. The summed E-state index contributed by atoms with van der Waals surface area (Å²) < 4.78 is 19.4. The van der Waals surface area contributed by atoms with Crippen LogP contribution in [0.15, 0.2) is 58.7 Å². The molecule has 3 rings (SSSR count). The van der Waals surface area contributed by atoms with Gasteiger partial charge in [0.25, 0.3) is 0 Å². The van der Waals surface area contributed by atoms with E-state index in [2.05, 4.69) is 44.8 Å². The molecule has 2 aromatic carbocycles.